The van der Waals surface area contributed by atoms with Gasteiger partial charge in [-0.3, -0.25) is 9.59 Å². The third-order valence-corrected chi connectivity index (χ3v) is 5.52. The van der Waals surface area contributed by atoms with Gasteiger partial charge in [-0.1, -0.05) is 0 Å². The molecule has 2 heterocycles. The van der Waals surface area contributed by atoms with Crippen molar-refractivity contribution in [2.75, 3.05) is 0 Å². The van der Waals surface area contributed by atoms with E-state index in [4.69, 9.17) is 5.11 Å². The number of carboxylic acid groups (broad SMARTS) is 1. The Morgan fingerprint density at radius 1 is 1.33 bits per heavy atom. The third kappa shape index (κ3) is 3.25. The number of carbonyl (C=O) groups is 2. The molecule has 3 rings (SSSR count). The Morgan fingerprint density at radius 2 is 2.00 bits per heavy atom. The summed E-state index contributed by atoms with van der Waals surface area (Å²) in [5.74, 6) is -3.72. The van der Waals surface area contributed by atoms with E-state index in [0.717, 1.165) is 23.1 Å². The maximum atomic E-state index is 14.5. The van der Waals surface area contributed by atoms with Gasteiger partial charge < -0.3 is 15.1 Å². The van der Waals surface area contributed by atoms with Crippen LogP contribution in [0.1, 0.15) is 34.3 Å². The lowest BCUT2D eigenvalue weighted by molar-refractivity contribution is -0.136. The molecule has 2 aliphatic rings. The molecule has 27 heavy (non-hydrogen) atoms. The molecular weight excluding hydrogens is 390 g/mol. The number of thiophene rings is 1. The number of halogens is 4. The van der Waals surface area contributed by atoms with Crippen molar-refractivity contribution in [1.29, 1.82) is 0 Å². The number of carbonyl (C=O) groups excluding carboxylic acids is 1. The van der Waals surface area contributed by atoms with Crippen molar-refractivity contribution in [2.45, 2.75) is 32.0 Å². The Hall–Kier alpha value is -2.62. The van der Waals surface area contributed by atoms with Gasteiger partial charge in [0.25, 0.3) is 5.91 Å². The maximum absolute atomic E-state index is 14.5. The van der Waals surface area contributed by atoms with Crippen LogP contribution in [-0.4, -0.2) is 33.0 Å². The highest BCUT2D eigenvalue weighted by Gasteiger charge is 2.43. The third-order valence-electron chi connectivity index (χ3n) is 4.41. The van der Waals surface area contributed by atoms with Crippen molar-refractivity contribution in [1.82, 2.24) is 4.90 Å². The number of rotatable bonds is 3. The first-order chi connectivity index (χ1) is 12.5. The molecule has 2 N–H and O–H groups in total. The zero-order chi connectivity index (χ0) is 20.1. The molecule has 10 heteroatoms. The van der Waals surface area contributed by atoms with Crippen LogP contribution in [0.3, 0.4) is 0 Å². The molecule has 144 valence electrons. The summed E-state index contributed by atoms with van der Waals surface area (Å²) in [6, 6.07) is 0.905. The zero-order valence-corrected chi connectivity index (χ0v) is 14.6. The van der Waals surface area contributed by atoms with Crippen molar-refractivity contribution in [3.8, 4) is 0 Å². The molecule has 0 saturated carbocycles. The number of amides is 1. The predicted octanol–water partition coefficient (Wildman–Crippen LogP) is 4.41. The molecule has 1 atom stereocenters. The molecular formula is C17H13F4NO4S. The van der Waals surface area contributed by atoms with Gasteiger partial charge in [-0.25, -0.2) is 4.39 Å². The van der Waals surface area contributed by atoms with E-state index in [-0.39, 0.29) is 39.5 Å². The first kappa shape index (κ1) is 19.2. The Balaban J connectivity index is 2.05. The number of allylic oxidation sites excluding steroid dienone is 2. The van der Waals surface area contributed by atoms with Gasteiger partial charge in [0.15, 0.2) is 5.83 Å². The fraction of sp³-hybridized carbons (Fsp3) is 0.294. The van der Waals surface area contributed by atoms with Crippen molar-refractivity contribution < 1.29 is 37.4 Å². The summed E-state index contributed by atoms with van der Waals surface area (Å²) in [5.41, 5.74) is 0.0593. The minimum Gasteiger partial charge on any atom is -0.505 e. The summed E-state index contributed by atoms with van der Waals surface area (Å²) in [6.07, 6.45) is -4.01. The second kappa shape index (κ2) is 6.52. The van der Waals surface area contributed by atoms with E-state index in [1.807, 2.05) is 0 Å². The van der Waals surface area contributed by atoms with E-state index >= 15 is 0 Å². The van der Waals surface area contributed by atoms with E-state index in [0.29, 0.717) is 0 Å². The molecule has 0 spiro atoms. The summed E-state index contributed by atoms with van der Waals surface area (Å²) < 4.78 is 52.9. The van der Waals surface area contributed by atoms with Gasteiger partial charge in [0, 0.05) is 11.3 Å². The van der Waals surface area contributed by atoms with Gasteiger partial charge in [0.1, 0.15) is 10.6 Å². The van der Waals surface area contributed by atoms with Gasteiger partial charge >= 0.3 is 12.1 Å². The Bertz CT molecular complexity index is 926. The number of hydrogen-bond acceptors (Lipinski definition) is 4. The number of nitrogens with zero attached hydrogens (tertiary/aromatic N) is 1. The van der Waals surface area contributed by atoms with E-state index in [1.54, 1.807) is 0 Å². The van der Waals surface area contributed by atoms with Gasteiger partial charge in [-0.05, 0) is 37.1 Å². The monoisotopic (exact) mass is 403 g/mol. The van der Waals surface area contributed by atoms with Crippen LogP contribution in [0.15, 0.2) is 46.6 Å². The van der Waals surface area contributed by atoms with Crippen molar-refractivity contribution in [3.05, 3.63) is 56.4 Å². The highest BCUT2D eigenvalue weighted by Crippen LogP contribution is 2.44. The van der Waals surface area contributed by atoms with Crippen LogP contribution >= 0.6 is 11.3 Å². The first-order valence-corrected chi connectivity index (χ1v) is 8.55. The second-order valence-corrected chi connectivity index (χ2v) is 7.12. The summed E-state index contributed by atoms with van der Waals surface area (Å²) in [5, 5.41) is 18.7. The smallest absolute Gasteiger partial charge is 0.425 e. The fourth-order valence-corrected chi connectivity index (χ4v) is 4.06. The lowest BCUT2D eigenvalue weighted by Gasteiger charge is -2.28. The Morgan fingerprint density at radius 3 is 2.56 bits per heavy atom. The molecule has 1 unspecified atom stereocenters. The molecule has 1 amide bonds. The van der Waals surface area contributed by atoms with Gasteiger partial charge in [0.05, 0.1) is 17.3 Å². The topological polar surface area (TPSA) is 77.8 Å². The highest BCUT2D eigenvalue weighted by atomic mass is 32.1. The van der Waals surface area contributed by atoms with Gasteiger partial charge in [-0.15, -0.1) is 11.3 Å². The normalized spacial score (nSPS) is 20.1. The van der Waals surface area contributed by atoms with E-state index in [2.05, 4.69) is 0 Å². The van der Waals surface area contributed by atoms with Crippen molar-refractivity contribution in [3.63, 3.8) is 0 Å². The number of fused-ring (bicyclic) bond motifs is 1. The molecule has 1 aromatic rings. The summed E-state index contributed by atoms with van der Waals surface area (Å²) in [4.78, 5) is 23.9. The lowest BCUT2D eigenvalue weighted by atomic mass is 9.92. The summed E-state index contributed by atoms with van der Waals surface area (Å²) in [6.45, 7) is 1.41. The molecule has 0 aromatic carbocycles. The van der Waals surface area contributed by atoms with Crippen LogP contribution in [-0.2, 0) is 11.0 Å². The molecule has 1 aliphatic carbocycles. The van der Waals surface area contributed by atoms with Crippen LogP contribution in [0.25, 0.3) is 0 Å². The van der Waals surface area contributed by atoms with E-state index in [9.17, 15) is 32.3 Å². The molecule has 0 radical (unpaired) electrons. The minimum atomic E-state index is -4.59. The molecule has 0 fully saturated rings. The predicted molar refractivity (Wildman–Crippen MR) is 87.7 cm³/mol. The number of alkyl halides is 3. The average molecular weight is 403 g/mol. The Kier molecular flexibility index (Phi) is 4.62. The second-order valence-electron chi connectivity index (χ2n) is 6.04. The van der Waals surface area contributed by atoms with Crippen LogP contribution < -0.4 is 0 Å². The van der Waals surface area contributed by atoms with E-state index in [1.165, 1.54) is 6.92 Å². The first-order valence-electron chi connectivity index (χ1n) is 7.74. The van der Waals surface area contributed by atoms with Gasteiger partial charge in [0.2, 0.25) is 0 Å². The zero-order valence-electron chi connectivity index (χ0n) is 13.8. The largest absolute Gasteiger partial charge is 0.505 e. The average Bonchev–Trinajstić information content (AvgIpc) is 3.15. The fourth-order valence-electron chi connectivity index (χ4n) is 3.25. The molecule has 0 saturated heterocycles. The van der Waals surface area contributed by atoms with Crippen LogP contribution in [0, 0.1) is 0 Å². The van der Waals surface area contributed by atoms with E-state index < -0.39 is 47.0 Å². The lowest BCUT2D eigenvalue weighted by Crippen LogP contribution is -2.36. The number of aliphatic hydroxyl groups excluding tert-OH is 1. The quantitative estimate of drug-likeness (QED) is 0.733. The standard InChI is InChI=1S/C17H13F4NO4S/c1-7-8(6-13(24)25)14-9(2-3-10(23)15(14)18)22(7)16(26)11-4-5-12(27-11)17(19,20)21/h3-5,9,23H,2,6H2,1H3,(H,24,25). The minimum absolute atomic E-state index is 0.0122. The van der Waals surface area contributed by atoms with Crippen molar-refractivity contribution in [2.24, 2.45) is 0 Å². The van der Waals surface area contributed by atoms with Crippen LogP contribution in [0.4, 0.5) is 17.6 Å². The number of aliphatic carboxylic acids is 1. The summed E-state index contributed by atoms with van der Waals surface area (Å²) >= 11 is 0.263. The van der Waals surface area contributed by atoms with Crippen LogP contribution in [0.2, 0.25) is 0 Å². The maximum Gasteiger partial charge on any atom is 0.425 e. The van der Waals surface area contributed by atoms with Crippen molar-refractivity contribution >= 4 is 23.2 Å². The molecule has 0 bridgehead atoms. The highest BCUT2D eigenvalue weighted by molar-refractivity contribution is 7.14. The molecule has 5 nitrogen and oxygen atoms in total. The summed E-state index contributed by atoms with van der Waals surface area (Å²) in [7, 11) is 0. The van der Waals surface area contributed by atoms with Crippen LogP contribution in [0.5, 0.6) is 0 Å². The Labute approximate surface area is 154 Å². The SMILES string of the molecule is CC1=C(CC(=O)O)C2=C(F)C(O)=CCC2N1C(=O)c1ccc(C(F)(F)F)s1. The number of carboxylic acids is 1. The molecule has 1 aliphatic heterocycles. The van der Waals surface area contributed by atoms with Gasteiger partial charge in [-0.2, -0.15) is 13.2 Å². The molecule has 1 aromatic heterocycles. The number of aliphatic hydroxyl groups is 1. The number of hydrogen-bond donors (Lipinski definition) is 2.